The second-order valence-electron chi connectivity index (χ2n) is 3.82. The zero-order valence-corrected chi connectivity index (χ0v) is 11.7. The number of likely N-dealkylation sites (N-methyl/N-ethyl adjacent to an activating group) is 1. The number of azo groups is 1. The van der Waals surface area contributed by atoms with E-state index < -0.39 is 10.8 Å². The number of aliphatic hydroxyl groups excluding tert-OH is 1. The number of methoxy groups -OCH3 is 1. The lowest BCUT2D eigenvalue weighted by Crippen LogP contribution is -2.20. The number of rotatable bonds is 5. The highest BCUT2D eigenvalue weighted by Gasteiger charge is 2.16. The van der Waals surface area contributed by atoms with Crippen LogP contribution in [-0.4, -0.2) is 30.1 Å². The normalized spacial score (nSPS) is 12.0. The maximum atomic E-state index is 11.5. The molecule has 0 bridgehead atoms. The Morgan fingerprint density at radius 3 is 2.62 bits per heavy atom. The number of carbonyl (C=O) groups is 1. The Kier molecular flexibility index (Phi) is 5.35. The Morgan fingerprint density at radius 2 is 2.14 bits per heavy atom. The molecule has 1 aromatic rings. The Morgan fingerprint density at radius 1 is 1.48 bits per heavy atom. The minimum atomic E-state index is -0.657. The lowest BCUT2D eigenvalue weighted by molar-refractivity contribution is -0.384. The van der Waals surface area contributed by atoms with E-state index in [1.54, 1.807) is 0 Å². The average Bonchev–Trinajstić information content (AvgIpc) is 2.46. The molecule has 9 nitrogen and oxygen atoms in total. The summed E-state index contributed by atoms with van der Waals surface area (Å²) in [6, 6.07) is 3.98. The zero-order chi connectivity index (χ0) is 16.0. The first-order valence-electron chi connectivity index (χ1n) is 5.76. The highest BCUT2D eigenvalue weighted by atomic mass is 16.6. The molecule has 9 heteroatoms. The molecule has 0 saturated carbocycles. The van der Waals surface area contributed by atoms with Gasteiger partial charge in [-0.25, -0.2) is 0 Å². The third-order valence-electron chi connectivity index (χ3n) is 2.42. The molecule has 0 aliphatic heterocycles. The molecule has 0 unspecified atom stereocenters. The van der Waals surface area contributed by atoms with Crippen LogP contribution in [0.3, 0.4) is 0 Å². The summed E-state index contributed by atoms with van der Waals surface area (Å²) in [5.41, 5.74) is -0.726. The monoisotopic (exact) mass is 294 g/mol. The Hall–Kier alpha value is -2.97. The number of nitrogens with one attached hydrogen (secondary N) is 1. The average molecular weight is 294 g/mol. The standard InChI is InChI=1S/C12H14N4O5/c1-7(17)11(12(18)13-2)15-14-9-5-4-8(21-3)6-10(9)16(19)20/h4-6,17H,1-3H3,(H,13,18)/b11-7+,15-14?. The van der Waals surface area contributed by atoms with Crippen LogP contribution in [0.4, 0.5) is 11.4 Å². The first-order valence-corrected chi connectivity index (χ1v) is 5.76. The number of carbonyl (C=O) groups excluding carboxylic acids is 1. The lowest BCUT2D eigenvalue weighted by Gasteiger charge is -2.02. The molecule has 0 aliphatic rings. The Balaban J connectivity index is 3.23. The van der Waals surface area contributed by atoms with Gasteiger partial charge in [0, 0.05) is 7.05 Å². The number of allylic oxidation sites excluding steroid dienone is 1. The fraction of sp³-hybridized carbons (Fsp3) is 0.250. The van der Waals surface area contributed by atoms with E-state index in [1.807, 2.05) is 0 Å². The van der Waals surface area contributed by atoms with E-state index in [0.717, 1.165) is 0 Å². The van der Waals surface area contributed by atoms with E-state index in [0.29, 0.717) is 5.75 Å². The van der Waals surface area contributed by atoms with Crippen molar-refractivity contribution < 1.29 is 19.6 Å². The molecule has 0 fully saturated rings. The molecule has 1 rings (SSSR count). The minimum Gasteiger partial charge on any atom is -0.510 e. The molecule has 0 aromatic heterocycles. The van der Waals surface area contributed by atoms with Gasteiger partial charge in [-0.05, 0) is 19.1 Å². The molecule has 0 heterocycles. The number of ether oxygens (including phenoxy) is 1. The van der Waals surface area contributed by atoms with Gasteiger partial charge >= 0.3 is 0 Å². The third kappa shape index (κ3) is 4.00. The van der Waals surface area contributed by atoms with Gasteiger partial charge < -0.3 is 15.2 Å². The smallest absolute Gasteiger partial charge is 0.300 e. The van der Waals surface area contributed by atoms with Crippen LogP contribution in [0.1, 0.15) is 6.92 Å². The van der Waals surface area contributed by atoms with Gasteiger partial charge in [-0.3, -0.25) is 14.9 Å². The van der Waals surface area contributed by atoms with E-state index in [-0.39, 0.29) is 22.8 Å². The maximum absolute atomic E-state index is 11.5. The highest BCUT2D eigenvalue weighted by Crippen LogP contribution is 2.31. The first-order chi connectivity index (χ1) is 9.90. The van der Waals surface area contributed by atoms with Crippen LogP contribution in [0.2, 0.25) is 0 Å². The molecule has 0 atom stereocenters. The van der Waals surface area contributed by atoms with Crippen LogP contribution in [0, 0.1) is 10.1 Å². The summed E-state index contributed by atoms with van der Waals surface area (Å²) in [6.07, 6.45) is 0. The van der Waals surface area contributed by atoms with Crippen molar-refractivity contribution in [1.29, 1.82) is 0 Å². The SMILES string of the molecule is CNC(=O)/C(N=Nc1ccc(OC)cc1[N+](=O)[O-])=C(/C)O. The summed E-state index contributed by atoms with van der Waals surface area (Å²) in [5.74, 6) is -0.717. The molecular weight excluding hydrogens is 280 g/mol. The van der Waals surface area contributed by atoms with Crippen molar-refractivity contribution in [1.82, 2.24) is 5.32 Å². The van der Waals surface area contributed by atoms with Gasteiger partial charge in [-0.1, -0.05) is 0 Å². The Bertz CT molecular complexity index is 620. The van der Waals surface area contributed by atoms with Crippen LogP contribution >= 0.6 is 0 Å². The molecule has 2 N–H and O–H groups in total. The van der Waals surface area contributed by atoms with Crippen LogP contribution in [0.5, 0.6) is 5.75 Å². The van der Waals surface area contributed by atoms with Crippen molar-refractivity contribution >= 4 is 17.3 Å². The number of amides is 1. The topological polar surface area (TPSA) is 126 Å². The summed E-state index contributed by atoms with van der Waals surface area (Å²) in [4.78, 5) is 21.8. The number of aliphatic hydroxyl groups is 1. The second-order valence-corrected chi connectivity index (χ2v) is 3.82. The molecule has 1 aromatic carbocycles. The van der Waals surface area contributed by atoms with E-state index in [1.165, 1.54) is 39.3 Å². The summed E-state index contributed by atoms with van der Waals surface area (Å²) < 4.78 is 4.89. The molecule has 0 radical (unpaired) electrons. The van der Waals surface area contributed by atoms with Crippen molar-refractivity contribution in [3.05, 3.63) is 39.8 Å². The summed E-state index contributed by atoms with van der Waals surface area (Å²) in [6.45, 7) is 1.26. The lowest BCUT2D eigenvalue weighted by atomic mass is 10.2. The van der Waals surface area contributed by atoms with Crippen LogP contribution in [0.25, 0.3) is 0 Å². The molecular formula is C12H14N4O5. The maximum Gasteiger partial charge on any atom is 0.300 e. The van der Waals surface area contributed by atoms with Gasteiger partial charge in [0.1, 0.15) is 11.5 Å². The molecule has 0 aliphatic carbocycles. The van der Waals surface area contributed by atoms with Gasteiger partial charge in [0.15, 0.2) is 11.4 Å². The first kappa shape index (κ1) is 16.1. The number of hydrogen-bond donors (Lipinski definition) is 2. The van der Waals surface area contributed by atoms with Crippen molar-refractivity contribution in [2.24, 2.45) is 10.2 Å². The summed E-state index contributed by atoms with van der Waals surface area (Å²) >= 11 is 0. The van der Waals surface area contributed by atoms with Crippen molar-refractivity contribution in [3.8, 4) is 5.75 Å². The Labute approximate surface area is 120 Å². The second kappa shape index (κ2) is 6.98. The van der Waals surface area contributed by atoms with E-state index in [9.17, 15) is 20.0 Å². The number of hydrogen-bond acceptors (Lipinski definition) is 7. The van der Waals surface area contributed by atoms with E-state index >= 15 is 0 Å². The zero-order valence-electron chi connectivity index (χ0n) is 11.7. The van der Waals surface area contributed by atoms with Gasteiger partial charge in [-0.2, -0.15) is 0 Å². The highest BCUT2D eigenvalue weighted by molar-refractivity contribution is 5.93. The molecule has 21 heavy (non-hydrogen) atoms. The molecule has 0 saturated heterocycles. The number of nitro groups is 1. The predicted octanol–water partition coefficient (Wildman–Crippen LogP) is 2.22. The van der Waals surface area contributed by atoms with E-state index in [2.05, 4.69) is 15.5 Å². The van der Waals surface area contributed by atoms with Gasteiger partial charge in [0.2, 0.25) is 0 Å². The third-order valence-corrected chi connectivity index (χ3v) is 2.42. The summed E-state index contributed by atoms with van der Waals surface area (Å²) in [5, 5.41) is 29.8. The van der Waals surface area contributed by atoms with Crippen LogP contribution in [-0.2, 0) is 4.79 Å². The van der Waals surface area contributed by atoms with Gasteiger partial charge in [0.25, 0.3) is 11.6 Å². The number of nitrogens with zero attached hydrogens (tertiary/aromatic N) is 3. The van der Waals surface area contributed by atoms with Crippen LogP contribution in [0.15, 0.2) is 39.9 Å². The van der Waals surface area contributed by atoms with E-state index in [4.69, 9.17) is 4.74 Å². The quantitative estimate of drug-likeness (QED) is 0.283. The molecule has 1 amide bonds. The summed E-state index contributed by atoms with van der Waals surface area (Å²) in [7, 11) is 2.73. The fourth-order valence-electron chi connectivity index (χ4n) is 1.37. The largest absolute Gasteiger partial charge is 0.510 e. The number of nitro benzene ring substituents is 1. The van der Waals surface area contributed by atoms with Crippen molar-refractivity contribution in [3.63, 3.8) is 0 Å². The van der Waals surface area contributed by atoms with Gasteiger partial charge in [-0.15, -0.1) is 10.2 Å². The van der Waals surface area contributed by atoms with Crippen LogP contribution < -0.4 is 10.1 Å². The minimum absolute atomic E-state index is 0.0662. The van der Waals surface area contributed by atoms with Gasteiger partial charge in [0.05, 0.1) is 18.1 Å². The predicted molar refractivity (Wildman–Crippen MR) is 73.6 cm³/mol. The van der Waals surface area contributed by atoms with Crippen molar-refractivity contribution in [2.75, 3.05) is 14.2 Å². The molecule has 0 spiro atoms. The van der Waals surface area contributed by atoms with Crippen molar-refractivity contribution in [2.45, 2.75) is 6.92 Å². The fourth-order valence-corrected chi connectivity index (χ4v) is 1.37. The molecule has 112 valence electrons. The number of benzene rings is 1.